The van der Waals surface area contributed by atoms with Crippen LogP contribution in [0.2, 0.25) is 0 Å². The summed E-state index contributed by atoms with van der Waals surface area (Å²) in [6.45, 7) is 11.5. The summed E-state index contributed by atoms with van der Waals surface area (Å²) in [5.74, 6) is 0.903. The third-order valence-corrected chi connectivity index (χ3v) is 2.19. The van der Waals surface area contributed by atoms with Crippen molar-refractivity contribution in [1.29, 1.82) is 0 Å². The first kappa shape index (κ1) is 15.6. The van der Waals surface area contributed by atoms with Crippen molar-refractivity contribution in [3.05, 3.63) is 23.5 Å². The first-order valence-corrected chi connectivity index (χ1v) is 5.54. The highest BCUT2D eigenvalue weighted by Gasteiger charge is 2.19. The molecule has 2 N–H and O–H groups in total. The van der Waals surface area contributed by atoms with Crippen LogP contribution in [0.15, 0.2) is 12.3 Å². The molecule has 0 aliphatic heterocycles. The van der Waals surface area contributed by atoms with Gasteiger partial charge in [-0.2, -0.15) is 0 Å². The van der Waals surface area contributed by atoms with E-state index in [1.165, 1.54) is 0 Å². The molecule has 0 unspecified atom stereocenters. The Bertz CT molecular complexity index is 346. The summed E-state index contributed by atoms with van der Waals surface area (Å²) < 4.78 is 5.63. The molecule has 0 radical (unpaired) electrons. The van der Waals surface area contributed by atoms with Crippen LogP contribution in [0.25, 0.3) is 0 Å². The molecule has 0 saturated carbocycles. The number of aryl methyl sites for hydroxylation is 1. The molecule has 0 spiro atoms. The van der Waals surface area contributed by atoms with E-state index in [9.17, 15) is 0 Å². The molecule has 0 aliphatic rings. The Hall–Kier alpha value is -1.42. The first-order chi connectivity index (χ1) is 7.95. The van der Waals surface area contributed by atoms with Crippen LogP contribution in [0.4, 0.5) is 0 Å². The quantitative estimate of drug-likeness (QED) is 0.872. The molecule has 0 aromatic carbocycles. The Labute approximate surface area is 103 Å². The van der Waals surface area contributed by atoms with Crippen molar-refractivity contribution in [3.8, 4) is 5.75 Å². The smallest absolute Gasteiger partial charge is 0.126 e. The lowest BCUT2D eigenvalue weighted by Gasteiger charge is -2.22. The number of rotatable bonds is 3. The third-order valence-electron chi connectivity index (χ3n) is 2.19. The largest absolute Gasteiger partial charge is 0.492 e. The molecule has 0 saturated heterocycles. The maximum atomic E-state index is 8.00. The summed E-state index contributed by atoms with van der Waals surface area (Å²) in [5, 5.41) is 0. The number of hydrogen-bond acceptors (Lipinski definition) is 4. The fraction of sp³-hybridized carbons (Fsp3) is 0.538. The molecular formula is C13H22N2O2. The number of aromatic nitrogens is 1. The van der Waals surface area contributed by atoms with Crippen molar-refractivity contribution >= 4 is 6.79 Å². The van der Waals surface area contributed by atoms with E-state index in [0.717, 1.165) is 17.0 Å². The molecule has 1 rings (SSSR count). The second-order valence-corrected chi connectivity index (χ2v) is 4.71. The Balaban J connectivity index is 0.00000121. The minimum absolute atomic E-state index is 0.0463. The molecule has 4 heteroatoms. The highest BCUT2D eigenvalue weighted by atomic mass is 16.5. The van der Waals surface area contributed by atoms with Gasteiger partial charge in [-0.25, -0.2) is 0 Å². The van der Waals surface area contributed by atoms with Crippen LogP contribution in [-0.2, 0) is 10.2 Å². The predicted octanol–water partition coefficient (Wildman–Crippen LogP) is 1.84. The van der Waals surface area contributed by atoms with Crippen LogP contribution in [0.1, 0.15) is 32.0 Å². The van der Waals surface area contributed by atoms with Crippen LogP contribution in [0, 0.1) is 6.92 Å². The standard InChI is InChI=1S/C12H20N2O.CH2O/c1-9-7-11(15-6-5-13)10(8-14-9)12(2,3)4;1-2/h7-8H,5-6,13H2,1-4H3;1H2. The highest BCUT2D eigenvalue weighted by Crippen LogP contribution is 2.30. The Morgan fingerprint density at radius 1 is 1.41 bits per heavy atom. The van der Waals surface area contributed by atoms with Gasteiger partial charge in [0.05, 0.1) is 0 Å². The van der Waals surface area contributed by atoms with Crippen LogP contribution >= 0.6 is 0 Å². The zero-order chi connectivity index (χ0) is 13.5. The molecule has 1 aromatic rings. The zero-order valence-electron chi connectivity index (χ0n) is 11.1. The summed E-state index contributed by atoms with van der Waals surface area (Å²) >= 11 is 0. The van der Waals surface area contributed by atoms with Crippen LogP contribution in [-0.4, -0.2) is 24.9 Å². The number of ether oxygens (including phenoxy) is 1. The minimum atomic E-state index is 0.0463. The van der Waals surface area contributed by atoms with Gasteiger partial charge in [-0.05, 0) is 12.3 Å². The number of carbonyl (C=O) groups excluding carboxylic acids is 1. The number of pyridine rings is 1. The molecule has 96 valence electrons. The minimum Gasteiger partial charge on any atom is -0.492 e. The van der Waals surface area contributed by atoms with Crippen molar-refractivity contribution in [3.63, 3.8) is 0 Å². The maximum Gasteiger partial charge on any atom is 0.126 e. The third kappa shape index (κ3) is 4.95. The average molecular weight is 238 g/mol. The second-order valence-electron chi connectivity index (χ2n) is 4.71. The molecular weight excluding hydrogens is 216 g/mol. The second kappa shape index (κ2) is 7.01. The van der Waals surface area contributed by atoms with Gasteiger partial charge in [0.1, 0.15) is 19.1 Å². The van der Waals surface area contributed by atoms with Gasteiger partial charge in [-0.3, -0.25) is 4.98 Å². The van der Waals surface area contributed by atoms with E-state index in [2.05, 4.69) is 25.8 Å². The Kier molecular flexibility index (Phi) is 6.43. The normalized spacial score (nSPS) is 10.4. The first-order valence-electron chi connectivity index (χ1n) is 5.54. The fourth-order valence-electron chi connectivity index (χ4n) is 1.39. The molecule has 4 nitrogen and oxygen atoms in total. The number of nitrogens with two attached hydrogens (primary N) is 1. The van der Waals surface area contributed by atoms with Crippen molar-refractivity contribution in [1.82, 2.24) is 4.98 Å². The van der Waals surface area contributed by atoms with Crippen molar-refractivity contribution in [2.24, 2.45) is 5.73 Å². The van der Waals surface area contributed by atoms with Gasteiger partial charge in [0.2, 0.25) is 0 Å². The van der Waals surface area contributed by atoms with Crippen molar-refractivity contribution < 1.29 is 9.53 Å². The summed E-state index contributed by atoms with van der Waals surface area (Å²) in [6.07, 6.45) is 1.89. The summed E-state index contributed by atoms with van der Waals surface area (Å²) in [5.41, 5.74) is 7.57. The van der Waals surface area contributed by atoms with Crippen LogP contribution in [0.3, 0.4) is 0 Å². The van der Waals surface area contributed by atoms with Gasteiger partial charge < -0.3 is 15.3 Å². The topological polar surface area (TPSA) is 65.2 Å². The van der Waals surface area contributed by atoms with Gasteiger partial charge in [-0.1, -0.05) is 20.8 Å². The average Bonchev–Trinajstić information content (AvgIpc) is 2.27. The molecule has 1 aromatic heterocycles. The van der Waals surface area contributed by atoms with Gasteiger partial charge in [0.25, 0.3) is 0 Å². The van der Waals surface area contributed by atoms with E-state index in [0.29, 0.717) is 13.2 Å². The molecule has 0 atom stereocenters. The summed E-state index contributed by atoms with van der Waals surface area (Å²) in [4.78, 5) is 12.3. The van der Waals surface area contributed by atoms with E-state index in [4.69, 9.17) is 15.3 Å². The number of nitrogens with zero attached hydrogens (tertiary/aromatic N) is 1. The lowest BCUT2D eigenvalue weighted by molar-refractivity contribution is -0.0979. The Morgan fingerprint density at radius 2 is 2.00 bits per heavy atom. The van der Waals surface area contributed by atoms with E-state index in [1.807, 2.05) is 26.0 Å². The van der Waals surface area contributed by atoms with E-state index < -0.39 is 0 Å². The van der Waals surface area contributed by atoms with Gasteiger partial charge in [0, 0.05) is 30.1 Å². The lowest BCUT2D eigenvalue weighted by atomic mass is 9.87. The van der Waals surface area contributed by atoms with Crippen LogP contribution in [0.5, 0.6) is 5.75 Å². The number of carbonyl (C=O) groups is 1. The molecule has 1 heterocycles. The van der Waals surface area contributed by atoms with Crippen molar-refractivity contribution in [2.75, 3.05) is 13.2 Å². The molecule has 0 aliphatic carbocycles. The molecule has 0 amide bonds. The monoisotopic (exact) mass is 238 g/mol. The fourth-order valence-corrected chi connectivity index (χ4v) is 1.39. The van der Waals surface area contributed by atoms with Crippen LogP contribution < -0.4 is 10.5 Å². The van der Waals surface area contributed by atoms with E-state index in [1.54, 1.807) is 0 Å². The highest BCUT2D eigenvalue weighted by molar-refractivity contribution is 5.37. The zero-order valence-corrected chi connectivity index (χ0v) is 11.1. The maximum absolute atomic E-state index is 8.00. The van der Waals surface area contributed by atoms with Crippen molar-refractivity contribution in [2.45, 2.75) is 33.1 Å². The van der Waals surface area contributed by atoms with Gasteiger partial charge in [0.15, 0.2) is 0 Å². The van der Waals surface area contributed by atoms with E-state index in [-0.39, 0.29) is 5.41 Å². The molecule has 17 heavy (non-hydrogen) atoms. The Morgan fingerprint density at radius 3 is 2.47 bits per heavy atom. The molecule has 0 fully saturated rings. The summed E-state index contributed by atoms with van der Waals surface area (Å²) in [6, 6.07) is 1.97. The predicted molar refractivity (Wildman–Crippen MR) is 69.3 cm³/mol. The van der Waals surface area contributed by atoms with Gasteiger partial charge in [-0.15, -0.1) is 0 Å². The van der Waals surface area contributed by atoms with E-state index >= 15 is 0 Å². The lowest BCUT2D eigenvalue weighted by Crippen LogP contribution is -2.17. The number of hydrogen-bond donors (Lipinski definition) is 1. The summed E-state index contributed by atoms with van der Waals surface area (Å²) in [7, 11) is 0. The van der Waals surface area contributed by atoms with Gasteiger partial charge >= 0.3 is 0 Å². The molecule has 0 bridgehead atoms. The SMILES string of the molecule is C=O.Cc1cc(OCCN)c(C(C)(C)C)cn1.